The van der Waals surface area contributed by atoms with E-state index in [0.29, 0.717) is 19.4 Å². The Hall–Kier alpha value is -2.80. The molecule has 1 fully saturated rings. The lowest BCUT2D eigenvalue weighted by Gasteiger charge is -2.36. The number of nitro groups is 1. The molecule has 4 unspecified atom stereocenters. The minimum absolute atomic E-state index is 0.00424. The van der Waals surface area contributed by atoms with E-state index < -0.39 is 35.2 Å². The number of hydrogen-bond donors (Lipinski definition) is 1. The molecule has 0 saturated carbocycles. The third kappa shape index (κ3) is 7.36. The first-order valence-corrected chi connectivity index (χ1v) is 11.6. The lowest BCUT2D eigenvalue weighted by Crippen LogP contribution is -2.45. The van der Waals surface area contributed by atoms with Gasteiger partial charge in [0, 0.05) is 44.3 Å². The molecule has 2 aromatic carbocycles. The van der Waals surface area contributed by atoms with Gasteiger partial charge in [0.15, 0.2) is 17.6 Å². The summed E-state index contributed by atoms with van der Waals surface area (Å²) in [5, 5.41) is 11.0. The van der Waals surface area contributed by atoms with E-state index >= 15 is 0 Å². The molecule has 11 nitrogen and oxygen atoms in total. The van der Waals surface area contributed by atoms with Crippen LogP contribution in [0.1, 0.15) is 35.1 Å². The number of ether oxygens (including phenoxy) is 6. The molecule has 0 bridgehead atoms. The Morgan fingerprint density at radius 2 is 2.00 bits per heavy atom. The van der Waals surface area contributed by atoms with Gasteiger partial charge in [-0.3, -0.25) is 14.9 Å². The standard InChI is InChI=1S/C24H29ClN2O9/c1-31-23(15-7-4-3-5-8-15)36-17-13-20(24(32-2)35-14-17)34-10-6-9-33-19-12-16(22(26)28)11-18(21(19)25)27(29)30/h3-5,7-8,11-12,17,20,23-24H,6,9-10,13-14H2,1-2H3,(H2,26,28). The predicted octanol–water partition coefficient (Wildman–Crippen LogP) is 3.62. The second-order valence-electron chi connectivity index (χ2n) is 7.95. The number of primary amides is 1. The highest BCUT2D eigenvalue weighted by atomic mass is 35.5. The van der Waals surface area contributed by atoms with E-state index in [9.17, 15) is 14.9 Å². The normalized spacial score (nSPS) is 20.6. The number of carbonyl (C=O) groups is 1. The maximum atomic E-state index is 11.5. The van der Waals surface area contributed by atoms with E-state index in [1.807, 2.05) is 30.3 Å². The Labute approximate surface area is 213 Å². The summed E-state index contributed by atoms with van der Waals surface area (Å²) < 4.78 is 34.3. The topological polar surface area (TPSA) is 142 Å². The van der Waals surface area contributed by atoms with Gasteiger partial charge in [-0.15, -0.1) is 0 Å². The molecule has 1 heterocycles. The van der Waals surface area contributed by atoms with E-state index in [-0.39, 0.29) is 35.7 Å². The zero-order chi connectivity index (χ0) is 26.1. The van der Waals surface area contributed by atoms with Crippen molar-refractivity contribution in [3.63, 3.8) is 0 Å². The van der Waals surface area contributed by atoms with E-state index in [1.165, 1.54) is 13.2 Å². The molecule has 0 aliphatic carbocycles. The maximum absolute atomic E-state index is 11.5. The molecule has 1 aliphatic rings. The van der Waals surface area contributed by atoms with Crippen LogP contribution in [0.3, 0.4) is 0 Å². The molecule has 1 aliphatic heterocycles. The molecular weight excluding hydrogens is 496 g/mol. The lowest BCUT2D eigenvalue weighted by atomic mass is 10.1. The van der Waals surface area contributed by atoms with Gasteiger partial charge >= 0.3 is 0 Å². The van der Waals surface area contributed by atoms with Gasteiger partial charge in [0.25, 0.3) is 5.69 Å². The number of amides is 1. The summed E-state index contributed by atoms with van der Waals surface area (Å²) in [7, 11) is 3.11. The predicted molar refractivity (Wildman–Crippen MR) is 129 cm³/mol. The van der Waals surface area contributed by atoms with Crippen LogP contribution in [0.2, 0.25) is 5.02 Å². The third-order valence-electron chi connectivity index (χ3n) is 5.46. The monoisotopic (exact) mass is 524 g/mol. The van der Waals surface area contributed by atoms with Gasteiger partial charge < -0.3 is 34.2 Å². The Kier molecular flexibility index (Phi) is 10.4. The van der Waals surface area contributed by atoms with Gasteiger partial charge in [-0.25, -0.2) is 0 Å². The van der Waals surface area contributed by atoms with E-state index in [1.54, 1.807) is 7.11 Å². The van der Waals surface area contributed by atoms with Crippen LogP contribution in [0.5, 0.6) is 5.75 Å². The third-order valence-corrected chi connectivity index (χ3v) is 5.84. The Morgan fingerprint density at radius 1 is 1.25 bits per heavy atom. The molecule has 0 aromatic heterocycles. The minimum atomic E-state index is -0.828. The fraction of sp³-hybridized carbons (Fsp3) is 0.458. The number of nitrogens with two attached hydrogens (primary N) is 1. The molecule has 36 heavy (non-hydrogen) atoms. The fourth-order valence-corrected chi connectivity index (χ4v) is 3.94. The molecule has 2 N–H and O–H groups in total. The second-order valence-corrected chi connectivity index (χ2v) is 8.33. The molecule has 1 saturated heterocycles. The van der Waals surface area contributed by atoms with Crippen LogP contribution in [-0.4, -0.2) is 63.4 Å². The van der Waals surface area contributed by atoms with Crippen molar-refractivity contribution in [1.82, 2.24) is 0 Å². The van der Waals surface area contributed by atoms with Crippen molar-refractivity contribution in [3.8, 4) is 5.75 Å². The average molecular weight is 525 g/mol. The van der Waals surface area contributed by atoms with Crippen LogP contribution >= 0.6 is 11.6 Å². The van der Waals surface area contributed by atoms with Gasteiger partial charge in [0.2, 0.25) is 5.91 Å². The van der Waals surface area contributed by atoms with Crippen molar-refractivity contribution in [1.29, 1.82) is 0 Å². The lowest BCUT2D eigenvalue weighted by molar-refractivity contribution is -0.384. The van der Waals surface area contributed by atoms with Crippen LogP contribution < -0.4 is 10.5 Å². The zero-order valence-electron chi connectivity index (χ0n) is 20.0. The largest absolute Gasteiger partial charge is 0.492 e. The summed E-state index contributed by atoms with van der Waals surface area (Å²) in [4.78, 5) is 22.0. The summed E-state index contributed by atoms with van der Waals surface area (Å²) in [6.45, 7) is 0.730. The molecule has 196 valence electrons. The minimum Gasteiger partial charge on any atom is -0.492 e. The van der Waals surface area contributed by atoms with E-state index in [2.05, 4.69) is 0 Å². The van der Waals surface area contributed by atoms with Crippen LogP contribution in [-0.2, 0) is 23.7 Å². The van der Waals surface area contributed by atoms with Crippen molar-refractivity contribution in [2.45, 2.75) is 37.6 Å². The molecule has 3 rings (SSSR count). The number of nitrogens with zero attached hydrogens (tertiary/aromatic N) is 1. The first-order chi connectivity index (χ1) is 17.3. The second kappa shape index (κ2) is 13.5. The highest BCUT2D eigenvalue weighted by Crippen LogP contribution is 2.35. The fourth-order valence-electron chi connectivity index (χ4n) is 3.70. The van der Waals surface area contributed by atoms with Gasteiger partial charge in [-0.05, 0) is 6.07 Å². The number of halogens is 1. The first kappa shape index (κ1) is 27.8. The zero-order valence-corrected chi connectivity index (χ0v) is 20.7. The Morgan fingerprint density at radius 3 is 2.64 bits per heavy atom. The van der Waals surface area contributed by atoms with Crippen LogP contribution in [0, 0.1) is 10.1 Å². The summed E-state index contributed by atoms with van der Waals surface area (Å²) in [5.74, 6) is -0.832. The van der Waals surface area contributed by atoms with Crippen LogP contribution in [0.4, 0.5) is 5.69 Å². The van der Waals surface area contributed by atoms with E-state index in [0.717, 1.165) is 11.6 Å². The van der Waals surface area contributed by atoms with Crippen LogP contribution in [0.15, 0.2) is 42.5 Å². The van der Waals surface area contributed by atoms with Crippen molar-refractivity contribution in [3.05, 3.63) is 68.7 Å². The van der Waals surface area contributed by atoms with Crippen molar-refractivity contribution in [2.75, 3.05) is 34.0 Å². The Bertz CT molecular complexity index is 1020. The smallest absolute Gasteiger partial charge is 0.292 e. The highest BCUT2D eigenvalue weighted by Gasteiger charge is 2.34. The quantitative estimate of drug-likeness (QED) is 0.180. The van der Waals surface area contributed by atoms with Gasteiger partial charge in [0.1, 0.15) is 11.9 Å². The van der Waals surface area contributed by atoms with Crippen molar-refractivity contribution >= 4 is 23.2 Å². The van der Waals surface area contributed by atoms with Crippen LogP contribution in [0.25, 0.3) is 0 Å². The Balaban J connectivity index is 1.52. The van der Waals surface area contributed by atoms with Gasteiger partial charge in [-0.2, -0.15) is 0 Å². The average Bonchev–Trinajstić information content (AvgIpc) is 2.88. The van der Waals surface area contributed by atoms with Gasteiger partial charge in [-0.1, -0.05) is 41.9 Å². The molecule has 4 atom stereocenters. The summed E-state index contributed by atoms with van der Waals surface area (Å²) >= 11 is 6.06. The van der Waals surface area contributed by atoms with Crippen molar-refractivity contribution in [2.24, 2.45) is 5.73 Å². The van der Waals surface area contributed by atoms with Gasteiger partial charge in [0.05, 0.1) is 30.8 Å². The van der Waals surface area contributed by atoms with E-state index in [4.69, 9.17) is 45.8 Å². The number of rotatable bonds is 13. The molecular formula is C24H29ClN2O9. The number of nitro benzene ring substituents is 1. The SMILES string of the molecule is COC(OC1COC(OC)C(OCCCOc2cc(C(N)=O)cc([N+](=O)[O-])c2Cl)C1)c1ccccc1. The number of methoxy groups -OCH3 is 2. The molecule has 0 spiro atoms. The molecule has 1 amide bonds. The van der Waals surface area contributed by atoms with Crippen molar-refractivity contribution < 1.29 is 38.1 Å². The first-order valence-electron chi connectivity index (χ1n) is 11.2. The molecule has 0 radical (unpaired) electrons. The number of benzene rings is 2. The number of hydrogen-bond acceptors (Lipinski definition) is 9. The number of carbonyl (C=O) groups excluding carboxylic acids is 1. The summed E-state index contributed by atoms with van der Waals surface area (Å²) in [5.41, 5.74) is 5.61. The summed E-state index contributed by atoms with van der Waals surface area (Å²) in [6.07, 6.45) is -0.840. The maximum Gasteiger partial charge on any atom is 0.292 e. The highest BCUT2D eigenvalue weighted by molar-refractivity contribution is 6.34. The summed E-state index contributed by atoms with van der Waals surface area (Å²) in [6, 6.07) is 11.9. The molecule has 2 aromatic rings. The molecule has 12 heteroatoms.